The topological polar surface area (TPSA) is 101 Å². The molecule has 6 nitrogen and oxygen atoms in total. The van der Waals surface area contributed by atoms with Gasteiger partial charge in [-0.15, -0.1) is 0 Å². The van der Waals surface area contributed by atoms with Crippen LogP contribution in [0.15, 0.2) is 30.4 Å². The van der Waals surface area contributed by atoms with Crippen molar-refractivity contribution in [2.24, 2.45) is 11.7 Å². The van der Waals surface area contributed by atoms with Gasteiger partial charge in [-0.1, -0.05) is 12.2 Å². The quantitative estimate of drug-likeness (QED) is 0.662. The van der Waals surface area contributed by atoms with Gasteiger partial charge in [0.2, 0.25) is 11.8 Å². The predicted molar refractivity (Wildman–Crippen MR) is 87.7 cm³/mol. The summed E-state index contributed by atoms with van der Waals surface area (Å²) < 4.78 is 13.8. The highest BCUT2D eigenvalue weighted by Crippen LogP contribution is 2.22. The molecule has 0 spiro atoms. The first-order valence-electron chi connectivity index (χ1n) is 7.78. The van der Waals surface area contributed by atoms with Crippen LogP contribution in [-0.2, 0) is 9.59 Å². The standard InChI is InChI=1S/C17H20FN3O3/c18-13-6-5-12(17(24)20-8-7-15(19)22)10-14(13)21-16(23)9-11-3-1-2-4-11/h1,3,5-6,10-11H,2,4,7-9H2,(H2,19,22)(H,20,24)(H,21,23)/t11-/m1/s1. The average molecular weight is 333 g/mol. The summed E-state index contributed by atoms with van der Waals surface area (Å²) in [6.45, 7) is 0.0985. The van der Waals surface area contributed by atoms with E-state index in [1.807, 2.05) is 12.2 Å². The van der Waals surface area contributed by atoms with E-state index in [0.29, 0.717) is 0 Å². The lowest BCUT2D eigenvalue weighted by atomic mass is 10.0. The molecule has 0 saturated heterocycles. The van der Waals surface area contributed by atoms with E-state index in [4.69, 9.17) is 5.73 Å². The average Bonchev–Trinajstić information content (AvgIpc) is 3.01. The minimum absolute atomic E-state index is 0.0193. The fraction of sp³-hybridized carbons (Fsp3) is 0.353. The van der Waals surface area contributed by atoms with Gasteiger partial charge in [0.1, 0.15) is 5.82 Å². The number of hydrogen-bond donors (Lipinski definition) is 3. The number of rotatable bonds is 7. The largest absolute Gasteiger partial charge is 0.370 e. The maximum Gasteiger partial charge on any atom is 0.251 e. The van der Waals surface area contributed by atoms with Gasteiger partial charge in [0, 0.05) is 24.9 Å². The number of nitrogens with one attached hydrogen (secondary N) is 2. The van der Waals surface area contributed by atoms with Gasteiger partial charge in [0.15, 0.2) is 0 Å². The van der Waals surface area contributed by atoms with E-state index < -0.39 is 17.6 Å². The minimum Gasteiger partial charge on any atom is -0.370 e. The summed E-state index contributed by atoms with van der Waals surface area (Å²) >= 11 is 0. The first-order valence-corrected chi connectivity index (χ1v) is 7.78. The Labute approximate surface area is 139 Å². The molecule has 0 saturated carbocycles. The zero-order valence-corrected chi connectivity index (χ0v) is 13.2. The molecular formula is C17H20FN3O3. The molecule has 0 unspecified atom stereocenters. The van der Waals surface area contributed by atoms with Crippen LogP contribution in [-0.4, -0.2) is 24.3 Å². The highest BCUT2D eigenvalue weighted by molar-refractivity contribution is 5.97. The van der Waals surface area contributed by atoms with E-state index in [-0.39, 0.29) is 42.5 Å². The number of halogens is 1. The first-order chi connectivity index (χ1) is 11.5. The van der Waals surface area contributed by atoms with Gasteiger partial charge in [0.05, 0.1) is 5.69 Å². The van der Waals surface area contributed by atoms with E-state index in [1.165, 1.54) is 12.1 Å². The smallest absolute Gasteiger partial charge is 0.251 e. The molecule has 0 fully saturated rings. The molecule has 1 aliphatic rings. The minimum atomic E-state index is -0.612. The Bertz CT molecular complexity index is 673. The number of anilines is 1. The zero-order valence-electron chi connectivity index (χ0n) is 13.2. The number of carbonyl (C=O) groups excluding carboxylic acids is 3. The molecule has 1 aromatic rings. The van der Waals surface area contributed by atoms with E-state index in [1.54, 1.807) is 0 Å². The van der Waals surface area contributed by atoms with Crippen LogP contribution in [0.2, 0.25) is 0 Å². The first kappa shape index (κ1) is 17.7. The zero-order chi connectivity index (χ0) is 17.5. The second-order valence-corrected chi connectivity index (χ2v) is 5.68. The molecule has 4 N–H and O–H groups in total. The van der Waals surface area contributed by atoms with Gasteiger partial charge in [-0.25, -0.2) is 4.39 Å². The molecule has 0 aromatic heterocycles. The Morgan fingerprint density at radius 3 is 2.75 bits per heavy atom. The van der Waals surface area contributed by atoms with Crippen molar-refractivity contribution in [3.05, 3.63) is 41.7 Å². The Hall–Kier alpha value is -2.70. The van der Waals surface area contributed by atoms with E-state index >= 15 is 0 Å². The number of carbonyl (C=O) groups is 3. The van der Waals surface area contributed by atoms with Crippen LogP contribution >= 0.6 is 0 Å². The maximum atomic E-state index is 13.8. The summed E-state index contributed by atoms with van der Waals surface area (Å²) in [5.74, 6) is -1.72. The van der Waals surface area contributed by atoms with Gasteiger partial charge in [0.25, 0.3) is 5.91 Å². The van der Waals surface area contributed by atoms with Crippen molar-refractivity contribution in [2.45, 2.75) is 25.7 Å². The molecule has 1 atom stereocenters. The van der Waals surface area contributed by atoms with Crippen molar-refractivity contribution in [1.82, 2.24) is 5.32 Å². The van der Waals surface area contributed by atoms with Crippen LogP contribution in [0.25, 0.3) is 0 Å². The van der Waals surface area contributed by atoms with Crippen LogP contribution in [0, 0.1) is 11.7 Å². The van der Waals surface area contributed by atoms with Gasteiger partial charge >= 0.3 is 0 Å². The van der Waals surface area contributed by atoms with Crippen LogP contribution in [0.4, 0.5) is 10.1 Å². The van der Waals surface area contributed by atoms with Gasteiger partial charge in [-0.05, 0) is 37.0 Å². The molecule has 0 aliphatic heterocycles. The molecule has 24 heavy (non-hydrogen) atoms. The molecular weight excluding hydrogens is 313 g/mol. The molecule has 0 bridgehead atoms. The maximum absolute atomic E-state index is 13.8. The van der Waals surface area contributed by atoms with Crippen molar-refractivity contribution >= 4 is 23.4 Å². The Balaban J connectivity index is 1.96. The summed E-state index contributed by atoms with van der Waals surface area (Å²) in [5, 5.41) is 5.01. The SMILES string of the molecule is NC(=O)CCNC(=O)c1ccc(F)c(NC(=O)C[C@@H]2C=CCC2)c1. The van der Waals surface area contributed by atoms with Crippen molar-refractivity contribution < 1.29 is 18.8 Å². The van der Waals surface area contributed by atoms with E-state index in [0.717, 1.165) is 18.9 Å². The molecule has 7 heteroatoms. The fourth-order valence-electron chi connectivity index (χ4n) is 2.47. The van der Waals surface area contributed by atoms with Gasteiger partial charge in [-0.3, -0.25) is 14.4 Å². The monoisotopic (exact) mass is 333 g/mol. The van der Waals surface area contributed by atoms with Crippen molar-refractivity contribution in [3.8, 4) is 0 Å². The Kier molecular flexibility index (Phi) is 6.06. The van der Waals surface area contributed by atoms with Crippen LogP contribution in [0.3, 0.4) is 0 Å². The third-order valence-electron chi connectivity index (χ3n) is 3.72. The predicted octanol–water partition coefficient (Wildman–Crippen LogP) is 1.73. The summed E-state index contributed by atoms with van der Waals surface area (Å²) in [6.07, 6.45) is 6.18. The highest BCUT2D eigenvalue weighted by Gasteiger charge is 2.16. The number of allylic oxidation sites excluding steroid dienone is 2. The summed E-state index contributed by atoms with van der Waals surface area (Å²) in [4.78, 5) is 34.6. The van der Waals surface area contributed by atoms with E-state index in [2.05, 4.69) is 10.6 Å². The molecule has 1 aromatic carbocycles. The number of benzene rings is 1. The lowest BCUT2D eigenvalue weighted by Crippen LogP contribution is -2.28. The summed E-state index contributed by atoms with van der Waals surface area (Å²) in [7, 11) is 0. The second-order valence-electron chi connectivity index (χ2n) is 5.68. The van der Waals surface area contributed by atoms with Crippen molar-refractivity contribution in [2.75, 3.05) is 11.9 Å². The molecule has 2 rings (SSSR count). The molecule has 3 amide bonds. The van der Waals surface area contributed by atoms with Crippen LogP contribution < -0.4 is 16.4 Å². The molecule has 1 aliphatic carbocycles. The highest BCUT2D eigenvalue weighted by atomic mass is 19.1. The second kappa shape index (κ2) is 8.24. The van der Waals surface area contributed by atoms with Gasteiger partial charge < -0.3 is 16.4 Å². The number of amides is 3. The van der Waals surface area contributed by atoms with E-state index in [9.17, 15) is 18.8 Å². The van der Waals surface area contributed by atoms with Crippen LogP contribution in [0.5, 0.6) is 0 Å². The normalized spacial score (nSPS) is 16.0. The number of nitrogens with two attached hydrogens (primary N) is 1. The Morgan fingerprint density at radius 2 is 2.08 bits per heavy atom. The molecule has 0 heterocycles. The van der Waals surface area contributed by atoms with Crippen molar-refractivity contribution in [1.29, 1.82) is 0 Å². The third-order valence-corrected chi connectivity index (χ3v) is 3.72. The van der Waals surface area contributed by atoms with Crippen molar-refractivity contribution in [3.63, 3.8) is 0 Å². The lowest BCUT2D eigenvalue weighted by Gasteiger charge is -2.11. The third kappa shape index (κ3) is 5.19. The summed E-state index contributed by atoms with van der Waals surface area (Å²) in [6, 6.07) is 3.70. The number of hydrogen-bond acceptors (Lipinski definition) is 3. The molecule has 0 radical (unpaired) electrons. The molecule has 128 valence electrons. The van der Waals surface area contributed by atoms with Crippen LogP contribution in [0.1, 0.15) is 36.0 Å². The lowest BCUT2D eigenvalue weighted by molar-refractivity contribution is -0.118. The summed E-state index contributed by atoms with van der Waals surface area (Å²) in [5.41, 5.74) is 5.15. The Morgan fingerprint density at radius 1 is 1.29 bits per heavy atom. The number of primary amides is 1. The van der Waals surface area contributed by atoms with Gasteiger partial charge in [-0.2, -0.15) is 0 Å². The fourth-order valence-corrected chi connectivity index (χ4v) is 2.47.